The molecule has 0 fully saturated rings. The van der Waals surface area contributed by atoms with Crippen LogP contribution in [0.1, 0.15) is 28.2 Å². The molecule has 0 saturated heterocycles. The summed E-state index contributed by atoms with van der Waals surface area (Å²) in [5, 5.41) is 12.1. The molecule has 2 aliphatic rings. The van der Waals surface area contributed by atoms with Crippen molar-refractivity contribution >= 4 is 23.8 Å². The summed E-state index contributed by atoms with van der Waals surface area (Å²) < 4.78 is 11.5. The van der Waals surface area contributed by atoms with Gasteiger partial charge in [0.05, 0.1) is 0 Å². The minimum Gasteiger partial charge on any atom is -0.489 e. The van der Waals surface area contributed by atoms with Crippen LogP contribution in [-0.2, 0) is 16.0 Å². The predicted octanol–water partition coefficient (Wildman–Crippen LogP) is 5.02. The Hall–Kier alpha value is -3.45. The zero-order valence-corrected chi connectivity index (χ0v) is 20.2. The third-order valence-corrected chi connectivity index (χ3v) is 7.66. The van der Waals surface area contributed by atoms with Gasteiger partial charge < -0.3 is 19.9 Å². The first-order chi connectivity index (χ1) is 17.0. The Labute approximate surface area is 208 Å². The van der Waals surface area contributed by atoms with Crippen molar-refractivity contribution < 1.29 is 24.2 Å². The number of fused-ring (bicyclic) bond motifs is 4. The van der Waals surface area contributed by atoms with Crippen LogP contribution in [0.15, 0.2) is 66.7 Å². The molecule has 0 radical (unpaired) electrons. The minimum absolute atomic E-state index is 0.000648. The standard InChI is InChI=1S/C28H27NO5S/c1-17-10-11-26-18(12-17)13-19(34-26)15-35-16-25(27(30)31)29-28(32)33-14-24-22-8-4-2-6-20(22)21-7-3-5-9-23(21)24/h2-12,19,24-25H,13-16H2,1H3,(H,29,32)(H,30,31). The van der Waals surface area contributed by atoms with Crippen LogP contribution in [0.3, 0.4) is 0 Å². The average Bonchev–Trinajstić information content (AvgIpc) is 3.40. The highest BCUT2D eigenvalue weighted by atomic mass is 32.2. The molecule has 1 amide bonds. The number of carbonyl (C=O) groups excluding carboxylic acids is 1. The lowest BCUT2D eigenvalue weighted by Crippen LogP contribution is -2.43. The van der Waals surface area contributed by atoms with Gasteiger partial charge in [0, 0.05) is 23.8 Å². The second kappa shape index (κ2) is 10.0. The first-order valence-electron chi connectivity index (χ1n) is 11.7. The molecule has 5 rings (SSSR count). The number of ether oxygens (including phenoxy) is 2. The van der Waals surface area contributed by atoms with Gasteiger partial charge >= 0.3 is 12.1 Å². The van der Waals surface area contributed by atoms with E-state index in [2.05, 4.69) is 30.4 Å². The first kappa shape index (κ1) is 23.3. The van der Waals surface area contributed by atoms with E-state index in [1.165, 1.54) is 22.9 Å². The van der Waals surface area contributed by atoms with Gasteiger partial charge in [-0.1, -0.05) is 66.2 Å². The molecule has 2 N–H and O–H groups in total. The topological polar surface area (TPSA) is 84.9 Å². The van der Waals surface area contributed by atoms with Crippen molar-refractivity contribution in [1.29, 1.82) is 0 Å². The Balaban J connectivity index is 1.13. The fourth-order valence-electron chi connectivity index (χ4n) is 4.82. The average molecular weight is 490 g/mol. The molecule has 0 bridgehead atoms. The second-order valence-corrected chi connectivity index (χ2v) is 10.0. The molecule has 2 unspecified atom stereocenters. The van der Waals surface area contributed by atoms with Crippen LogP contribution in [-0.4, -0.2) is 47.4 Å². The van der Waals surface area contributed by atoms with Crippen molar-refractivity contribution in [2.24, 2.45) is 0 Å². The van der Waals surface area contributed by atoms with Gasteiger partial charge in [0.25, 0.3) is 0 Å². The van der Waals surface area contributed by atoms with Gasteiger partial charge in [-0.15, -0.1) is 0 Å². The van der Waals surface area contributed by atoms with Gasteiger partial charge in [-0.25, -0.2) is 9.59 Å². The predicted molar refractivity (Wildman–Crippen MR) is 136 cm³/mol. The molecule has 1 aliphatic heterocycles. The van der Waals surface area contributed by atoms with E-state index in [1.807, 2.05) is 48.5 Å². The van der Waals surface area contributed by atoms with Gasteiger partial charge in [0.1, 0.15) is 24.5 Å². The summed E-state index contributed by atoms with van der Waals surface area (Å²) in [5.41, 5.74) is 6.88. The van der Waals surface area contributed by atoms with E-state index in [0.717, 1.165) is 34.4 Å². The quantitative estimate of drug-likeness (QED) is 0.462. The lowest BCUT2D eigenvalue weighted by atomic mass is 9.98. The Morgan fingerprint density at radius 2 is 1.77 bits per heavy atom. The Morgan fingerprint density at radius 3 is 2.46 bits per heavy atom. The molecule has 1 aliphatic carbocycles. The normalized spacial score (nSPS) is 16.5. The van der Waals surface area contributed by atoms with Crippen molar-refractivity contribution in [2.75, 3.05) is 18.1 Å². The SMILES string of the molecule is Cc1ccc2c(c1)CC(CSCC(NC(=O)OCC1c3ccccc3-c3ccccc31)C(=O)O)O2. The van der Waals surface area contributed by atoms with Gasteiger partial charge in [-0.3, -0.25) is 0 Å². The highest BCUT2D eigenvalue weighted by Gasteiger charge is 2.30. The fraction of sp³-hybridized carbons (Fsp3) is 0.286. The molecule has 3 aromatic rings. The smallest absolute Gasteiger partial charge is 0.407 e. The van der Waals surface area contributed by atoms with Crippen molar-refractivity contribution in [3.8, 4) is 16.9 Å². The van der Waals surface area contributed by atoms with E-state index in [9.17, 15) is 14.7 Å². The van der Waals surface area contributed by atoms with Crippen LogP contribution in [0, 0.1) is 6.92 Å². The molecular weight excluding hydrogens is 462 g/mol. The molecule has 35 heavy (non-hydrogen) atoms. The number of amides is 1. The number of hydrogen-bond donors (Lipinski definition) is 2. The van der Waals surface area contributed by atoms with E-state index in [-0.39, 0.29) is 24.4 Å². The Kier molecular flexibility index (Phi) is 6.68. The maximum atomic E-state index is 12.5. The molecule has 6 nitrogen and oxygen atoms in total. The summed E-state index contributed by atoms with van der Waals surface area (Å²) in [4.78, 5) is 24.3. The number of carbonyl (C=O) groups is 2. The van der Waals surface area contributed by atoms with Crippen molar-refractivity contribution in [2.45, 2.75) is 31.4 Å². The van der Waals surface area contributed by atoms with Crippen LogP contribution < -0.4 is 10.1 Å². The maximum Gasteiger partial charge on any atom is 0.407 e. The van der Waals surface area contributed by atoms with Gasteiger partial charge in [-0.05, 0) is 40.8 Å². The van der Waals surface area contributed by atoms with Crippen LogP contribution in [0.2, 0.25) is 0 Å². The van der Waals surface area contributed by atoms with Crippen molar-refractivity contribution in [1.82, 2.24) is 5.32 Å². The summed E-state index contributed by atoms with van der Waals surface area (Å²) in [6.45, 7) is 2.20. The van der Waals surface area contributed by atoms with Gasteiger partial charge in [0.15, 0.2) is 0 Å². The third-order valence-electron chi connectivity index (χ3n) is 6.48. The molecule has 0 aromatic heterocycles. The summed E-state index contributed by atoms with van der Waals surface area (Å²) in [6.07, 6.45) is 0.0854. The molecular formula is C28H27NO5S. The van der Waals surface area contributed by atoms with Gasteiger partial charge in [0.2, 0.25) is 0 Å². The number of benzene rings is 3. The van der Waals surface area contributed by atoms with E-state index < -0.39 is 18.1 Å². The van der Waals surface area contributed by atoms with E-state index in [4.69, 9.17) is 9.47 Å². The lowest BCUT2D eigenvalue weighted by Gasteiger charge is -2.18. The summed E-state index contributed by atoms with van der Waals surface area (Å²) in [7, 11) is 0. The Bertz CT molecular complexity index is 1210. The van der Waals surface area contributed by atoms with Crippen molar-refractivity contribution in [3.05, 3.63) is 89.0 Å². The number of thioether (sulfide) groups is 1. The molecule has 2 atom stereocenters. The highest BCUT2D eigenvalue weighted by Crippen LogP contribution is 2.44. The number of hydrogen-bond acceptors (Lipinski definition) is 5. The van der Waals surface area contributed by atoms with Crippen LogP contribution in [0.4, 0.5) is 4.79 Å². The number of aliphatic carboxylic acids is 1. The minimum atomic E-state index is -1.09. The van der Waals surface area contributed by atoms with E-state index in [1.54, 1.807) is 0 Å². The number of carboxylic acids is 1. The number of aryl methyl sites for hydroxylation is 1. The number of alkyl carbamates (subject to hydrolysis) is 1. The second-order valence-electron chi connectivity index (χ2n) is 8.95. The number of rotatable bonds is 8. The molecule has 7 heteroatoms. The van der Waals surface area contributed by atoms with Crippen molar-refractivity contribution in [3.63, 3.8) is 0 Å². The summed E-state index contributed by atoms with van der Waals surface area (Å²) >= 11 is 1.45. The Morgan fingerprint density at radius 1 is 1.09 bits per heavy atom. The first-order valence-corrected chi connectivity index (χ1v) is 12.8. The number of carboxylic acid groups (broad SMARTS) is 1. The molecule has 3 aromatic carbocycles. The molecule has 0 saturated carbocycles. The lowest BCUT2D eigenvalue weighted by molar-refractivity contribution is -0.138. The van der Waals surface area contributed by atoms with Gasteiger partial charge in [-0.2, -0.15) is 11.8 Å². The van der Waals surface area contributed by atoms with Crippen LogP contribution in [0.25, 0.3) is 11.1 Å². The largest absolute Gasteiger partial charge is 0.489 e. The highest BCUT2D eigenvalue weighted by molar-refractivity contribution is 7.99. The molecule has 0 spiro atoms. The fourth-order valence-corrected chi connectivity index (χ4v) is 5.86. The third kappa shape index (κ3) is 5.00. The zero-order chi connectivity index (χ0) is 24.4. The van der Waals surface area contributed by atoms with E-state index >= 15 is 0 Å². The van der Waals surface area contributed by atoms with Crippen LogP contribution >= 0.6 is 11.8 Å². The monoisotopic (exact) mass is 489 g/mol. The van der Waals surface area contributed by atoms with E-state index in [0.29, 0.717) is 5.75 Å². The molecule has 180 valence electrons. The molecule has 1 heterocycles. The van der Waals surface area contributed by atoms with Crippen LogP contribution in [0.5, 0.6) is 5.75 Å². The number of nitrogens with one attached hydrogen (secondary N) is 1. The summed E-state index contributed by atoms with van der Waals surface area (Å²) in [5.74, 6) is 0.610. The maximum absolute atomic E-state index is 12.5. The zero-order valence-electron chi connectivity index (χ0n) is 19.4. The summed E-state index contributed by atoms with van der Waals surface area (Å²) in [6, 6.07) is 21.3.